The van der Waals surface area contributed by atoms with Gasteiger partial charge in [0.2, 0.25) is 11.8 Å². The van der Waals surface area contributed by atoms with Crippen molar-refractivity contribution in [3.8, 4) is 0 Å². The molecule has 1 aromatic carbocycles. The Kier molecular flexibility index (Phi) is 7.27. The summed E-state index contributed by atoms with van der Waals surface area (Å²) in [4.78, 5) is 22.8. The molecule has 110 valence electrons. The van der Waals surface area contributed by atoms with E-state index in [9.17, 15) is 14.0 Å². The third-order valence-electron chi connectivity index (χ3n) is 2.45. The fourth-order valence-electron chi connectivity index (χ4n) is 1.42. The molecule has 0 unspecified atom stereocenters. The van der Waals surface area contributed by atoms with Gasteiger partial charge in [0.15, 0.2) is 0 Å². The second-order valence-corrected chi connectivity index (χ2v) is 4.25. The second-order valence-electron chi connectivity index (χ2n) is 4.25. The Morgan fingerprint density at radius 2 is 1.80 bits per heavy atom. The number of amides is 2. The lowest BCUT2D eigenvalue weighted by Gasteiger charge is -2.07. The van der Waals surface area contributed by atoms with Crippen LogP contribution in [0.5, 0.6) is 0 Å². The number of halogens is 1. The minimum absolute atomic E-state index is 0.152. The molecule has 0 aliphatic rings. The first-order chi connectivity index (χ1) is 9.61. The number of hydrogen-bond donors (Lipinski definition) is 2. The van der Waals surface area contributed by atoms with E-state index < -0.39 is 5.91 Å². The number of nitrogens with one attached hydrogen (secondary N) is 2. The van der Waals surface area contributed by atoms with Crippen LogP contribution >= 0.6 is 0 Å². The zero-order valence-electron chi connectivity index (χ0n) is 11.4. The molecule has 20 heavy (non-hydrogen) atoms. The van der Waals surface area contributed by atoms with E-state index in [1.54, 1.807) is 0 Å². The van der Waals surface area contributed by atoms with Crippen LogP contribution in [0.15, 0.2) is 24.3 Å². The van der Waals surface area contributed by atoms with Crippen LogP contribution in [0.4, 0.5) is 10.1 Å². The van der Waals surface area contributed by atoms with Gasteiger partial charge in [0.05, 0.1) is 0 Å². The number of hydrogen-bond acceptors (Lipinski definition) is 3. The van der Waals surface area contributed by atoms with Gasteiger partial charge in [-0.05, 0) is 30.7 Å². The number of benzene rings is 1. The van der Waals surface area contributed by atoms with E-state index in [0.717, 1.165) is 12.8 Å². The van der Waals surface area contributed by atoms with E-state index in [0.29, 0.717) is 12.2 Å². The summed E-state index contributed by atoms with van der Waals surface area (Å²) in [5.74, 6) is -1.01. The highest BCUT2D eigenvalue weighted by Gasteiger charge is 2.05. The Labute approximate surface area is 117 Å². The monoisotopic (exact) mass is 282 g/mol. The van der Waals surface area contributed by atoms with E-state index in [1.807, 2.05) is 6.92 Å². The molecule has 1 rings (SSSR count). The van der Waals surface area contributed by atoms with E-state index >= 15 is 0 Å². The maximum atomic E-state index is 12.7. The van der Waals surface area contributed by atoms with Crippen molar-refractivity contribution in [2.45, 2.75) is 19.8 Å². The SMILES string of the molecule is CCCCNC(=O)COCC(=O)Nc1ccc(F)cc1. The highest BCUT2D eigenvalue weighted by molar-refractivity contribution is 5.91. The van der Waals surface area contributed by atoms with Crippen molar-refractivity contribution in [3.05, 3.63) is 30.1 Å². The van der Waals surface area contributed by atoms with Crippen LogP contribution in [-0.2, 0) is 14.3 Å². The lowest BCUT2D eigenvalue weighted by molar-refractivity contribution is -0.128. The number of carbonyl (C=O) groups is 2. The van der Waals surface area contributed by atoms with Crippen molar-refractivity contribution >= 4 is 17.5 Å². The molecule has 0 aliphatic carbocycles. The van der Waals surface area contributed by atoms with Gasteiger partial charge in [-0.1, -0.05) is 13.3 Å². The fourth-order valence-corrected chi connectivity index (χ4v) is 1.42. The molecule has 0 aromatic heterocycles. The quantitative estimate of drug-likeness (QED) is 0.713. The third-order valence-corrected chi connectivity index (χ3v) is 2.45. The predicted molar refractivity (Wildman–Crippen MR) is 73.8 cm³/mol. The molecule has 2 amide bonds. The topological polar surface area (TPSA) is 67.4 Å². The van der Waals surface area contributed by atoms with Gasteiger partial charge in [-0.25, -0.2) is 4.39 Å². The molecule has 0 bridgehead atoms. The molecule has 1 aromatic rings. The summed E-state index contributed by atoms with van der Waals surface area (Å²) < 4.78 is 17.6. The maximum Gasteiger partial charge on any atom is 0.250 e. The first kappa shape index (κ1) is 16.1. The predicted octanol–water partition coefficient (Wildman–Crippen LogP) is 1.70. The van der Waals surface area contributed by atoms with Gasteiger partial charge < -0.3 is 15.4 Å². The molecule has 0 heterocycles. The average Bonchev–Trinajstić information content (AvgIpc) is 2.42. The zero-order chi connectivity index (χ0) is 14.8. The Bertz CT molecular complexity index is 435. The molecule has 0 atom stereocenters. The summed E-state index contributed by atoms with van der Waals surface area (Å²) >= 11 is 0. The minimum atomic E-state index is -0.391. The van der Waals surface area contributed by atoms with Crippen LogP contribution in [0, 0.1) is 5.82 Å². The van der Waals surface area contributed by atoms with Crippen LogP contribution in [0.2, 0.25) is 0 Å². The largest absolute Gasteiger partial charge is 0.362 e. The average molecular weight is 282 g/mol. The van der Waals surface area contributed by atoms with E-state index in [4.69, 9.17) is 4.74 Å². The van der Waals surface area contributed by atoms with Gasteiger partial charge >= 0.3 is 0 Å². The molecule has 0 radical (unpaired) electrons. The normalized spacial score (nSPS) is 10.1. The summed E-state index contributed by atoms with van der Waals surface area (Å²) in [7, 11) is 0. The fraction of sp³-hybridized carbons (Fsp3) is 0.429. The lowest BCUT2D eigenvalue weighted by atomic mass is 10.3. The molecule has 0 spiro atoms. The lowest BCUT2D eigenvalue weighted by Crippen LogP contribution is -2.30. The van der Waals surface area contributed by atoms with Crippen LogP contribution in [0.1, 0.15) is 19.8 Å². The minimum Gasteiger partial charge on any atom is -0.362 e. The molecule has 6 heteroatoms. The Morgan fingerprint density at radius 1 is 1.15 bits per heavy atom. The number of unbranched alkanes of at least 4 members (excludes halogenated alkanes) is 1. The number of rotatable bonds is 8. The Hall–Kier alpha value is -1.95. The summed E-state index contributed by atoms with van der Waals surface area (Å²) in [6.07, 6.45) is 1.91. The van der Waals surface area contributed by atoms with Gasteiger partial charge in [-0.3, -0.25) is 9.59 Å². The molecule has 5 nitrogen and oxygen atoms in total. The Morgan fingerprint density at radius 3 is 2.45 bits per heavy atom. The van der Waals surface area contributed by atoms with Crippen molar-refractivity contribution in [2.75, 3.05) is 25.1 Å². The first-order valence-corrected chi connectivity index (χ1v) is 6.51. The second kappa shape index (κ2) is 9.03. The summed E-state index contributed by atoms with van der Waals surface area (Å²) in [6, 6.07) is 5.39. The van der Waals surface area contributed by atoms with Crippen LogP contribution < -0.4 is 10.6 Å². The highest BCUT2D eigenvalue weighted by Crippen LogP contribution is 2.07. The third kappa shape index (κ3) is 6.84. The summed E-state index contributed by atoms with van der Waals surface area (Å²) in [6.45, 7) is 2.27. The van der Waals surface area contributed by atoms with Gasteiger partial charge in [0.25, 0.3) is 0 Å². The van der Waals surface area contributed by atoms with Gasteiger partial charge in [-0.2, -0.15) is 0 Å². The molecule has 0 aliphatic heterocycles. The summed E-state index contributed by atoms with van der Waals surface area (Å²) in [5.41, 5.74) is 0.479. The molecule has 0 saturated carbocycles. The maximum absolute atomic E-state index is 12.7. The van der Waals surface area contributed by atoms with Crippen molar-refractivity contribution in [3.63, 3.8) is 0 Å². The van der Waals surface area contributed by atoms with E-state index in [2.05, 4.69) is 10.6 Å². The Balaban J connectivity index is 2.17. The molecule has 2 N–H and O–H groups in total. The van der Waals surface area contributed by atoms with Gasteiger partial charge in [0.1, 0.15) is 19.0 Å². The highest BCUT2D eigenvalue weighted by atomic mass is 19.1. The number of anilines is 1. The molecular weight excluding hydrogens is 263 g/mol. The van der Waals surface area contributed by atoms with E-state index in [-0.39, 0.29) is 24.9 Å². The van der Waals surface area contributed by atoms with Crippen LogP contribution in [0.3, 0.4) is 0 Å². The van der Waals surface area contributed by atoms with Crippen molar-refractivity contribution in [1.82, 2.24) is 5.32 Å². The molecule has 0 fully saturated rings. The van der Waals surface area contributed by atoms with Crippen molar-refractivity contribution < 1.29 is 18.7 Å². The number of carbonyl (C=O) groups excluding carboxylic acids is 2. The van der Waals surface area contributed by atoms with Gasteiger partial charge in [-0.15, -0.1) is 0 Å². The summed E-state index contributed by atoms with van der Waals surface area (Å²) in [5, 5.41) is 5.21. The van der Waals surface area contributed by atoms with Gasteiger partial charge in [0, 0.05) is 12.2 Å². The zero-order valence-corrected chi connectivity index (χ0v) is 11.4. The van der Waals surface area contributed by atoms with Crippen LogP contribution in [-0.4, -0.2) is 31.6 Å². The van der Waals surface area contributed by atoms with Crippen molar-refractivity contribution in [2.24, 2.45) is 0 Å². The molecular formula is C14H19FN2O3. The standard InChI is InChI=1S/C14H19FN2O3/c1-2-3-8-16-13(18)9-20-10-14(19)17-12-6-4-11(15)5-7-12/h4-7H,2-3,8-10H2,1H3,(H,16,18)(H,17,19). The van der Waals surface area contributed by atoms with E-state index in [1.165, 1.54) is 24.3 Å². The molecule has 0 saturated heterocycles. The van der Waals surface area contributed by atoms with Crippen molar-refractivity contribution in [1.29, 1.82) is 0 Å². The smallest absolute Gasteiger partial charge is 0.250 e. The van der Waals surface area contributed by atoms with Crippen LogP contribution in [0.25, 0.3) is 0 Å². The first-order valence-electron chi connectivity index (χ1n) is 6.51. The number of ether oxygens (including phenoxy) is 1.